The first-order valence-corrected chi connectivity index (χ1v) is 9.22. The SMILES string of the molecule is Cc1cnc(-c2c[nH]c3nccc(N4CC[C@]5(CCCCN5)C4)c23)[nH]1. The minimum Gasteiger partial charge on any atom is -0.369 e. The van der Waals surface area contributed by atoms with Crippen LogP contribution in [0.1, 0.15) is 31.4 Å². The third kappa shape index (κ3) is 2.43. The Hall–Kier alpha value is -2.34. The molecule has 1 atom stereocenters. The summed E-state index contributed by atoms with van der Waals surface area (Å²) in [6.45, 7) is 5.35. The lowest BCUT2D eigenvalue weighted by atomic mass is 9.88. The molecule has 0 aliphatic carbocycles. The lowest BCUT2D eigenvalue weighted by Gasteiger charge is -2.35. The highest BCUT2D eigenvalue weighted by molar-refractivity contribution is 6.01. The fourth-order valence-corrected chi connectivity index (χ4v) is 4.50. The van der Waals surface area contributed by atoms with Crippen molar-refractivity contribution in [1.29, 1.82) is 0 Å². The van der Waals surface area contributed by atoms with Gasteiger partial charge in [0.25, 0.3) is 0 Å². The van der Waals surface area contributed by atoms with Crippen molar-refractivity contribution in [3.8, 4) is 11.4 Å². The van der Waals surface area contributed by atoms with E-state index in [-0.39, 0.29) is 0 Å². The first kappa shape index (κ1) is 15.0. The number of hydrogen-bond donors (Lipinski definition) is 3. The molecule has 3 aromatic heterocycles. The third-order valence-corrected chi connectivity index (χ3v) is 5.79. The fourth-order valence-electron chi connectivity index (χ4n) is 4.50. The maximum Gasteiger partial charge on any atom is 0.140 e. The molecule has 0 bridgehead atoms. The molecule has 0 saturated carbocycles. The molecular formula is C19H24N6. The number of aromatic amines is 2. The van der Waals surface area contributed by atoms with E-state index in [9.17, 15) is 0 Å². The van der Waals surface area contributed by atoms with Crippen LogP contribution >= 0.6 is 0 Å². The van der Waals surface area contributed by atoms with Gasteiger partial charge >= 0.3 is 0 Å². The second-order valence-electron chi connectivity index (χ2n) is 7.51. The number of rotatable bonds is 2. The summed E-state index contributed by atoms with van der Waals surface area (Å²) in [5, 5.41) is 4.97. The van der Waals surface area contributed by atoms with Crippen LogP contribution in [0, 0.1) is 6.92 Å². The summed E-state index contributed by atoms with van der Waals surface area (Å²) in [6.07, 6.45) is 11.0. The smallest absolute Gasteiger partial charge is 0.140 e. The number of hydrogen-bond acceptors (Lipinski definition) is 4. The van der Waals surface area contributed by atoms with Crippen LogP contribution in [0.5, 0.6) is 0 Å². The summed E-state index contributed by atoms with van der Waals surface area (Å²) in [4.78, 5) is 18.3. The van der Waals surface area contributed by atoms with Crippen molar-refractivity contribution in [3.63, 3.8) is 0 Å². The number of aryl methyl sites for hydroxylation is 1. The molecule has 3 N–H and O–H groups in total. The maximum atomic E-state index is 4.53. The number of fused-ring (bicyclic) bond motifs is 1. The molecule has 6 nitrogen and oxygen atoms in total. The molecule has 2 saturated heterocycles. The average Bonchev–Trinajstić information content (AvgIpc) is 3.34. The lowest BCUT2D eigenvalue weighted by molar-refractivity contribution is 0.280. The highest BCUT2D eigenvalue weighted by Crippen LogP contribution is 2.38. The molecule has 2 fully saturated rings. The van der Waals surface area contributed by atoms with Crippen molar-refractivity contribution in [2.45, 2.75) is 38.1 Å². The molecule has 0 amide bonds. The fraction of sp³-hybridized carbons (Fsp3) is 0.474. The Kier molecular flexibility index (Phi) is 3.35. The second kappa shape index (κ2) is 5.59. The number of nitrogens with one attached hydrogen (secondary N) is 3. The second-order valence-corrected chi connectivity index (χ2v) is 7.51. The quantitative estimate of drug-likeness (QED) is 0.673. The van der Waals surface area contributed by atoms with Crippen molar-refractivity contribution >= 4 is 16.7 Å². The van der Waals surface area contributed by atoms with Crippen molar-refractivity contribution in [2.24, 2.45) is 0 Å². The van der Waals surface area contributed by atoms with Gasteiger partial charge in [-0.15, -0.1) is 0 Å². The largest absolute Gasteiger partial charge is 0.369 e. The molecule has 130 valence electrons. The van der Waals surface area contributed by atoms with Gasteiger partial charge in [0.1, 0.15) is 11.5 Å². The Morgan fingerprint density at radius 3 is 2.96 bits per heavy atom. The topological polar surface area (TPSA) is 72.6 Å². The number of H-pyrrole nitrogens is 2. The Morgan fingerprint density at radius 2 is 2.16 bits per heavy atom. The Labute approximate surface area is 147 Å². The molecule has 5 heterocycles. The first-order chi connectivity index (χ1) is 12.2. The Morgan fingerprint density at radius 1 is 1.20 bits per heavy atom. The summed E-state index contributed by atoms with van der Waals surface area (Å²) in [5.41, 5.74) is 4.66. The van der Waals surface area contributed by atoms with Gasteiger partial charge < -0.3 is 20.2 Å². The van der Waals surface area contributed by atoms with E-state index in [1.807, 2.05) is 25.5 Å². The molecule has 5 rings (SSSR count). The van der Waals surface area contributed by atoms with Gasteiger partial charge in [-0.25, -0.2) is 9.97 Å². The number of nitrogens with zero attached hydrogens (tertiary/aromatic N) is 3. The van der Waals surface area contributed by atoms with Gasteiger partial charge in [-0.2, -0.15) is 0 Å². The molecule has 0 unspecified atom stereocenters. The van der Waals surface area contributed by atoms with Gasteiger partial charge in [-0.05, 0) is 38.8 Å². The minimum atomic E-state index is 0.297. The number of pyridine rings is 1. The van der Waals surface area contributed by atoms with Crippen LogP contribution in [0.4, 0.5) is 5.69 Å². The minimum absolute atomic E-state index is 0.297. The predicted octanol–water partition coefficient (Wildman–Crippen LogP) is 2.98. The number of aromatic nitrogens is 4. The van der Waals surface area contributed by atoms with Crippen molar-refractivity contribution in [2.75, 3.05) is 24.5 Å². The van der Waals surface area contributed by atoms with Crippen molar-refractivity contribution in [1.82, 2.24) is 25.3 Å². The highest BCUT2D eigenvalue weighted by atomic mass is 15.2. The Balaban J connectivity index is 1.56. The average molecular weight is 336 g/mol. The van der Waals surface area contributed by atoms with E-state index < -0.39 is 0 Å². The first-order valence-electron chi connectivity index (χ1n) is 9.22. The van der Waals surface area contributed by atoms with E-state index in [0.717, 1.165) is 42.4 Å². The van der Waals surface area contributed by atoms with Crippen LogP contribution in [-0.4, -0.2) is 45.1 Å². The van der Waals surface area contributed by atoms with Crippen LogP contribution in [0.2, 0.25) is 0 Å². The van der Waals surface area contributed by atoms with E-state index in [1.165, 1.54) is 36.8 Å². The monoisotopic (exact) mass is 336 g/mol. The molecule has 3 aromatic rings. The Bertz CT molecular complexity index is 902. The number of piperidine rings is 1. The maximum absolute atomic E-state index is 4.53. The van der Waals surface area contributed by atoms with E-state index in [2.05, 4.69) is 36.2 Å². The van der Waals surface area contributed by atoms with Crippen LogP contribution in [0.15, 0.2) is 24.7 Å². The lowest BCUT2D eigenvalue weighted by Crippen LogP contribution is -2.50. The van der Waals surface area contributed by atoms with Crippen LogP contribution in [-0.2, 0) is 0 Å². The van der Waals surface area contributed by atoms with Crippen LogP contribution < -0.4 is 10.2 Å². The van der Waals surface area contributed by atoms with Gasteiger partial charge in [-0.1, -0.05) is 6.42 Å². The highest BCUT2D eigenvalue weighted by Gasteiger charge is 2.39. The molecule has 1 spiro atoms. The molecule has 2 aliphatic rings. The van der Waals surface area contributed by atoms with Crippen molar-refractivity contribution in [3.05, 3.63) is 30.4 Å². The van der Waals surface area contributed by atoms with E-state index in [4.69, 9.17) is 0 Å². The third-order valence-electron chi connectivity index (χ3n) is 5.79. The van der Waals surface area contributed by atoms with Gasteiger partial charge in [0.2, 0.25) is 0 Å². The summed E-state index contributed by atoms with van der Waals surface area (Å²) in [7, 11) is 0. The zero-order valence-corrected chi connectivity index (χ0v) is 14.6. The normalized spacial score (nSPS) is 23.8. The zero-order chi connectivity index (χ0) is 16.9. The van der Waals surface area contributed by atoms with E-state index in [1.54, 1.807) is 0 Å². The van der Waals surface area contributed by atoms with Gasteiger partial charge in [0, 0.05) is 48.5 Å². The van der Waals surface area contributed by atoms with Gasteiger partial charge in [0.05, 0.1) is 11.1 Å². The van der Waals surface area contributed by atoms with Gasteiger partial charge in [0.15, 0.2) is 0 Å². The van der Waals surface area contributed by atoms with Crippen molar-refractivity contribution < 1.29 is 0 Å². The summed E-state index contributed by atoms with van der Waals surface area (Å²) >= 11 is 0. The molecule has 2 aliphatic heterocycles. The summed E-state index contributed by atoms with van der Waals surface area (Å²) in [5.74, 6) is 0.905. The van der Waals surface area contributed by atoms with Crippen LogP contribution in [0.3, 0.4) is 0 Å². The predicted molar refractivity (Wildman–Crippen MR) is 99.8 cm³/mol. The van der Waals surface area contributed by atoms with Gasteiger partial charge in [-0.3, -0.25) is 0 Å². The molecule has 0 radical (unpaired) electrons. The molecule has 25 heavy (non-hydrogen) atoms. The molecular weight excluding hydrogens is 312 g/mol. The van der Waals surface area contributed by atoms with E-state index in [0.29, 0.717) is 5.54 Å². The summed E-state index contributed by atoms with van der Waals surface area (Å²) in [6, 6.07) is 2.15. The van der Waals surface area contributed by atoms with Crippen LogP contribution in [0.25, 0.3) is 22.4 Å². The molecule has 0 aromatic carbocycles. The zero-order valence-electron chi connectivity index (χ0n) is 14.6. The van der Waals surface area contributed by atoms with E-state index >= 15 is 0 Å². The number of imidazole rings is 1. The number of anilines is 1. The standard InChI is InChI=1S/C19H24N6/c1-13-10-21-17(24-13)14-11-22-18-16(14)15(4-8-20-18)25-9-6-19(12-25)5-2-3-7-23-19/h4,8,10-11,23H,2-3,5-7,9,12H2,1H3,(H,20,22)(H,21,24)/t19-/m1/s1. The molecule has 6 heteroatoms. The summed E-state index contributed by atoms with van der Waals surface area (Å²) < 4.78 is 0.